The summed E-state index contributed by atoms with van der Waals surface area (Å²) >= 11 is 0. The number of carbonyl (C=O) groups is 1. The number of hydrogen-bond donors (Lipinski definition) is 1. The van der Waals surface area contributed by atoms with Gasteiger partial charge in [0.15, 0.2) is 0 Å². The highest BCUT2D eigenvalue weighted by Crippen LogP contribution is 2.30. The van der Waals surface area contributed by atoms with Crippen LogP contribution in [0.5, 0.6) is 0 Å². The molecule has 86 valence electrons. The van der Waals surface area contributed by atoms with E-state index in [0.717, 1.165) is 19.6 Å². The van der Waals surface area contributed by atoms with Crippen LogP contribution in [0.15, 0.2) is 12.2 Å². The first-order valence-electron chi connectivity index (χ1n) is 5.47. The molecule has 1 amide bonds. The summed E-state index contributed by atoms with van der Waals surface area (Å²) in [6, 6.07) is 0.333. The second kappa shape index (κ2) is 5.52. The van der Waals surface area contributed by atoms with E-state index in [1.165, 1.54) is 12.8 Å². The van der Waals surface area contributed by atoms with Gasteiger partial charge in [-0.3, -0.25) is 4.79 Å². The van der Waals surface area contributed by atoms with Crippen molar-refractivity contribution in [1.82, 2.24) is 10.2 Å². The summed E-state index contributed by atoms with van der Waals surface area (Å²) in [7, 11) is 0. The van der Waals surface area contributed by atoms with Crippen LogP contribution >= 0.6 is 12.4 Å². The molecule has 1 atom stereocenters. The fourth-order valence-corrected chi connectivity index (χ4v) is 1.77. The predicted molar refractivity (Wildman–Crippen MR) is 63.2 cm³/mol. The van der Waals surface area contributed by atoms with E-state index in [4.69, 9.17) is 0 Å². The van der Waals surface area contributed by atoms with Gasteiger partial charge in [0.25, 0.3) is 0 Å². The zero-order valence-electron chi connectivity index (χ0n) is 9.11. The van der Waals surface area contributed by atoms with Crippen molar-refractivity contribution in [2.45, 2.75) is 25.8 Å². The summed E-state index contributed by atoms with van der Waals surface area (Å²) in [6.45, 7) is 4.78. The first-order valence-corrected chi connectivity index (χ1v) is 5.47. The number of allylic oxidation sites excluding steroid dienone is 1. The Balaban J connectivity index is 0.00000112. The molecule has 0 aromatic carbocycles. The van der Waals surface area contributed by atoms with Crippen molar-refractivity contribution >= 4 is 18.3 Å². The summed E-state index contributed by atoms with van der Waals surface area (Å²) in [5.41, 5.74) is 0. The van der Waals surface area contributed by atoms with Crippen molar-refractivity contribution in [2.24, 2.45) is 5.92 Å². The Kier molecular flexibility index (Phi) is 4.61. The lowest BCUT2D eigenvalue weighted by atomic mass is 10.2. The molecule has 0 bridgehead atoms. The van der Waals surface area contributed by atoms with E-state index >= 15 is 0 Å². The van der Waals surface area contributed by atoms with Gasteiger partial charge in [-0.15, -0.1) is 12.4 Å². The quantitative estimate of drug-likeness (QED) is 0.723. The van der Waals surface area contributed by atoms with Crippen molar-refractivity contribution in [1.29, 1.82) is 0 Å². The topological polar surface area (TPSA) is 32.3 Å². The van der Waals surface area contributed by atoms with Gasteiger partial charge in [-0.25, -0.2) is 0 Å². The van der Waals surface area contributed by atoms with E-state index in [2.05, 4.69) is 18.3 Å². The molecule has 2 aliphatic rings. The van der Waals surface area contributed by atoms with Crippen LogP contribution in [0.1, 0.15) is 19.8 Å². The van der Waals surface area contributed by atoms with Gasteiger partial charge in [-0.2, -0.15) is 0 Å². The van der Waals surface area contributed by atoms with E-state index in [0.29, 0.717) is 12.0 Å². The Labute approximate surface area is 97.3 Å². The number of amides is 1. The molecule has 0 unspecified atom stereocenters. The average molecular weight is 231 g/mol. The highest BCUT2D eigenvalue weighted by atomic mass is 35.5. The summed E-state index contributed by atoms with van der Waals surface area (Å²) < 4.78 is 0. The molecular weight excluding hydrogens is 212 g/mol. The molecule has 0 aromatic heterocycles. The first kappa shape index (κ1) is 12.5. The van der Waals surface area contributed by atoms with Gasteiger partial charge in [-0.05, 0) is 31.8 Å². The zero-order valence-corrected chi connectivity index (χ0v) is 9.93. The Hall–Kier alpha value is -0.540. The Morgan fingerprint density at radius 3 is 2.80 bits per heavy atom. The van der Waals surface area contributed by atoms with Crippen LogP contribution in [0.3, 0.4) is 0 Å². The molecule has 1 aliphatic heterocycles. The normalized spacial score (nSPS) is 26.5. The minimum absolute atomic E-state index is 0. The summed E-state index contributed by atoms with van der Waals surface area (Å²) in [6.07, 6.45) is 6.36. The van der Waals surface area contributed by atoms with Crippen molar-refractivity contribution in [3.8, 4) is 0 Å². The van der Waals surface area contributed by atoms with Gasteiger partial charge in [-0.1, -0.05) is 6.08 Å². The van der Waals surface area contributed by atoms with E-state index in [1.54, 1.807) is 6.08 Å². The number of halogens is 1. The average Bonchev–Trinajstić information content (AvgIpc) is 2.98. The first-order chi connectivity index (χ1) is 6.77. The van der Waals surface area contributed by atoms with Gasteiger partial charge in [0, 0.05) is 25.7 Å². The van der Waals surface area contributed by atoms with Gasteiger partial charge >= 0.3 is 0 Å². The van der Waals surface area contributed by atoms with Crippen LogP contribution < -0.4 is 5.32 Å². The number of hydrogen-bond acceptors (Lipinski definition) is 2. The molecule has 0 aromatic rings. The van der Waals surface area contributed by atoms with Crippen LogP contribution in [-0.2, 0) is 4.79 Å². The second-order valence-corrected chi connectivity index (χ2v) is 4.28. The van der Waals surface area contributed by atoms with Crippen LogP contribution in [0, 0.1) is 5.92 Å². The van der Waals surface area contributed by atoms with E-state index in [-0.39, 0.29) is 18.3 Å². The molecule has 15 heavy (non-hydrogen) atoms. The molecule has 1 heterocycles. The van der Waals surface area contributed by atoms with Crippen LogP contribution in [-0.4, -0.2) is 36.5 Å². The van der Waals surface area contributed by atoms with Crippen LogP contribution in [0.2, 0.25) is 0 Å². The van der Waals surface area contributed by atoms with Crippen molar-refractivity contribution in [2.75, 3.05) is 19.6 Å². The zero-order chi connectivity index (χ0) is 9.97. The lowest BCUT2D eigenvalue weighted by Crippen LogP contribution is -2.51. The number of nitrogens with one attached hydrogen (secondary N) is 1. The van der Waals surface area contributed by atoms with Crippen molar-refractivity contribution in [3.63, 3.8) is 0 Å². The minimum atomic E-state index is 0. The summed E-state index contributed by atoms with van der Waals surface area (Å²) in [5.74, 6) is 0.878. The molecule has 2 fully saturated rings. The molecule has 0 radical (unpaired) electrons. The molecule has 2 rings (SSSR count). The lowest BCUT2D eigenvalue weighted by molar-refractivity contribution is -0.128. The Morgan fingerprint density at radius 2 is 2.20 bits per heavy atom. The fraction of sp³-hybridized carbons (Fsp3) is 0.727. The predicted octanol–water partition coefficient (Wildman–Crippen LogP) is 1.19. The van der Waals surface area contributed by atoms with E-state index in [9.17, 15) is 4.79 Å². The summed E-state index contributed by atoms with van der Waals surface area (Å²) in [4.78, 5) is 13.7. The van der Waals surface area contributed by atoms with Gasteiger partial charge in [0.2, 0.25) is 5.91 Å². The number of carbonyl (C=O) groups excluding carboxylic acids is 1. The SMILES string of the molecule is C[C@H]1CNCCN1C(=O)/C=C/C1CC1.Cl. The monoisotopic (exact) mass is 230 g/mol. The minimum Gasteiger partial charge on any atom is -0.334 e. The standard InChI is InChI=1S/C11H18N2O.ClH/c1-9-8-12-6-7-13(9)11(14)5-4-10-2-3-10;/h4-5,9-10,12H,2-3,6-8H2,1H3;1H/b5-4+;/t9-;/m0./s1. The molecule has 3 nitrogen and oxygen atoms in total. The summed E-state index contributed by atoms with van der Waals surface area (Å²) in [5, 5.41) is 3.28. The van der Waals surface area contributed by atoms with Crippen molar-refractivity contribution < 1.29 is 4.79 Å². The maximum Gasteiger partial charge on any atom is 0.246 e. The van der Waals surface area contributed by atoms with Crippen LogP contribution in [0.4, 0.5) is 0 Å². The number of nitrogens with zero attached hydrogens (tertiary/aromatic N) is 1. The molecule has 1 N–H and O–H groups in total. The Morgan fingerprint density at radius 1 is 1.47 bits per heavy atom. The molecule has 0 spiro atoms. The maximum atomic E-state index is 11.8. The highest BCUT2D eigenvalue weighted by molar-refractivity contribution is 5.88. The van der Waals surface area contributed by atoms with Gasteiger partial charge in [0.05, 0.1) is 0 Å². The number of rotatable bonds is 2. The molecule has 1 aliphatic carbocycles. The third-order valence-electron chi connectivity index (χ3n) is 2.92. The molecule has 1 saturated heterocycles. The smallest absolute Gasteiger partial charge is 0.246 e. The number of piperazine rings is 1. The molecular formula is C11H19ClN2O. The third kappa shape index (κ3) is 3.50. The maximum absolute atomic E-state index is 11.8. The Bertz CT molecular complexity index is 251. The second-order valence-electron chi connectivity index (χ2n) is 4.28. The van der Waals surface area contributed by atoms with Gasteiger partial charge < -0.3 is 10.2 Å². The third-order valence-corrected chi connectivity index (χ3v) is 2.92. The van der Waals surface area contributed by atoms with Crippen LogP contribution in [0.25, 0.3) is 0 Å². The highest BCUT2D eigenvalue weighted by Gasteiger charge is 2.22. The largest absolute Gasteiger partial charge is 0.334 e. The molecule has 4 heteroatoms. The van der Waals surface area contributed by atoms with E-state index in [1.807, 2.05) is 4.90 Å². The lowest BCUT2D eigenvalue weighted by Gasteiger charge is -2.33. The van der Waals surface area contributed by atoms with Crippen molar-refractivity contribution in [3.05, 3.63) is 12.2 Å². The fourth-order valence-electron chi connectivity index (χ4n) is 1.77. The van der Waals surface area contributed by atoms with Gasteiger partial charge in [0.1, 0.15) is 0 Å². The van der Waals surface area contributed by atoms with E-state index < -0.39 is 0 Å². The molecule has 1 saturated carbocycles.